The maximum absolute atomic E-state index is 11.9. The Labute approximate surface area is 147 Å². The van der Waals surface area contributed by atoms with Crippen molar-refractivity contribution in [3.05, 3.63) is 35.2 Å². The third-order valence-corrected chi connectivity index (χ3v) is 3.26. The molecule has 0 aromatic carbocycles. The summed E-state index contributed by atoms with van der Waals surface area (Å²) in [6, 6.07) is 3.65. The van der Waals surface area contributed by atoms with Gasteiger partial charge in [0.2, 0.25) is 0 Å². The van der Waals surface area contributed by atoms with Gasteiger partial charge in [-0.25, -0.2) is 9.78 Å². The van der Waals surface area contributed by atoms with Gasteiger partial charge in [0.05, 0.1) is 22.6 Å². The molecule has 0 bridgehead atoms. The number of carbonyl (C=O) groups is 1. The summed E-state index contributed by atoms with van der Waals surface area (Å²) in [5, 5.41) is 10.1. The van der Waals surface area contributed by atoms with Crippen molar-refractivity contribution in [2.24, 2.45) is 0 Å². The molecule has 0 unspecified atom stereocenters. The average molecular weight is 398 g/mol. The van der Waals surface area contributed by atoms with Crippen molar-refractivity contribution in [1.82, 2.24) is 14.8 Å². The molecule has 0 saturated heterocycles. The number of hydrogen-bond donors (Lipinski definition) is 2. The van der Waals surface area contributed by atoms with Gasteiger partial charge >= 0.3 is 6.09 Å². The maximum Gasteiger partial charge on any atom is 0.435 e. The van der Waals surface area contributed by atoms with Gasteiger partial charge in [0.1, 0.15) is 11.4 Å². The first-order valence-corrected chi connectivity index (χ1v) is 7.91. The number of thiocarbonyl (C=S) groups is 1. The van der Waals surface area contributed by atoms with Gasteiger partial charge in [-0.2, -0.15) is 9.78 Å². The molecule has 0 radical (unpaired) electrons. The van der Waals surface area contributed by atoms with Gasteiger partial charge in [-0.15, -0.1) is 0 Å². The topological polar surface area (TPSA) is 81.1 Å². The number of carbonyl (C=O) groups excluding carboxylic acids is 1. The lowest BCUT2D eigenvalue weighted by atomic mass is 10.2. The van der Waals surface area contributed by atoms with Gasteiger partial charge in [-0.1, -0.05) is 0 Å². The van der Waals surface area contributed by atoms with E-state index in [2.05, 4.69) is 36.6 Å². The van der Waals surface area contributed by atoms with Crippen molar-refractivity contribution >= 4 is 50.9 Å². The van der Waals surface area contributed by atoms with Gasteiger partial charge in [-0.05, 0) is 61.1 Å². The van der Waals surface area contributed by atoms with E-state index in [-0.39, 0.29) is 0 Å². The summed E-state index contributed by atoms with van der Waals surface area (Å²) in [6.45, 7) is 5.37. The summed E-state index contributed by atoms with van der Waals surface area (Å²) in [5.41, 5.74) is -0.0286. The molecular formula is C14H16BrN5O2S. The Morgan fingerprint density at radius 3 is 2.78 bits per heavy atom. The second kappa shape index (κ2) is 7.05. The number of hydrogen-bond acceptors (Lipinski definition) is 5. The summed E-state index contributed by atoms with van der Waals surface area (Å²) in [6.07, 6.45) is 4.06. The molecule has 2 aromatic heterocycles. The Kier molecular flexibility index (Phi) is 5.32. The Morgan fingerprint density at radius 2 is 2.13 bits per heavy atom. The fourth-order valence-corrected chi connectivity index (χ4v) is 2.11. The number of nitrogens with zero attached hydrogens (tertiary/aromatic N) is 3. The predicted octanol–water partition coefficient (Wildman–Crippen LogP) is 3.63. The highest BCUT2D eigenvalue weighted by atomic mass is 79.9. The summed E-state index contributed by atoms with van der Waals surface area (Å²) >= 11 is 8.58. The fourth-order valence-electron chi connectivity index (χ4n) is 1.54. The second-order valence-electron chi connectivity index (χ2n) is 5.57. The number of aromatic nitrogens is 3. The van der Waals surface area contributed by atoms with Crippen LogP contribution in [0.2, 0.25) is 0 Å². The van der Waals surface area contributed by atoms with Crippen molar-refractivity contribution in [3.63, 3.8) is 0 Å². The molecule has 23 heavy (non-hydrogen) atoms. The molecule has 0 atom stereocenters. The van der Waals surface area contributed by atoms with E-state index < -0.39 is 11.7 Å². The van der Waals surface area contributed by atoms with E-state index >= 15 is 0 Å². The molecule has 0 aliphatic rings. The van der Waals surface area contributed by atoms with E-state index in [0.29, 0.717) is 16.6 Å². The van der Waals surface area contributed by atoms with Crippen molar-refractivity contribution in [1.29, 1.82) is 0 Å². The summed E-state index contributed by atoms with van der Waals surface area (Å²) in [5.74, 6) is 0.588. The molecule has 7 nitrogen and oxygen atoms in total. The van der Waals surface area contributed by atoms with Crippen molar-refractivity contribution in [2.75, 3.05) is 10.6 Å². The summed E-state index contributed by atoms with van der Waals surface area (Å²) in [4.78, 5) is 16.0. The summed E-state index contributed by atoms with van der Waals surface area (Å²) < 4.78 is 7.11. The van der Waals surface area contributed by atoms with Gasteiger partial charge in [-0.3, -0.25) is 0 Å². The largest absolute Gasteiger partial charge is 0.442 e. The first-order chi connectivity index (χ1) is 10.7. The minimum Gasteiger partial charge on any atom is -0.442 e. The van der Waals surface area contributed by atoms with Crippen LogP contribution in [0.25, 0.3) is 0 Å². The number of nitrogens with one attached hydrogen (secondary N) is 2. The van der Waals surface area contributed by atoms with Gasteiger partial charge < -0.3 is 15.4 Å². The zero-order valence-corrected chi connectivity index (χ0v) is 15.2. The number of pyridine rings is 1. The summed E-state index contributed by atoms with van der Waals surface area (Å²) in [7, 11) is 0. The Balaban J connectivity index is 1.98. The first kappa shape index (κ1) is 17.4. The van der Waals surface area contributed by atoms with Crippen LogP contribution in [0.1, 0.15) is 20.8 Å². The number of rotatable bonds is 2. The quantitative estimate of drug-likeness (QED) is 0.748. The molecule has 0 spiro atoms. The zero-order chi connectivity index (χ0) is 17.0. The van der Waals surface area contributed by atoms with Crippen LogP contribution in [0, 0.1) is 0 Å². The van der Waals surface area contributed by atoms with Gasteiger partial charge in [0.25, 0.3) is 0 Å². The molecule has 0 aliphatic carbocycles. The van der Waals surface area contributed by atoms with E-state index in [1.54, 1.807) is 33.0 Å². The monoisotopic (exact) mass is 397 g/mol. The molecule has 2 heterocycles. The van der Waals surface area contributed by atoms with Crippen LogP contribution in [0.3, 0.4) is 0 Å². The minimum absolute atomic E-state index is 0.327. The SMILES string of the molecule is CC(C)(C)OC(=O)n1cc(NC(=S)Nc2ncccc2Br)cn1. The molecule has 9 heteroatoms. The van der Waals surface area contributed by atoms with Gasteiger partial charge in [0.15, 0.2) is 5.11 Å². The second-order valence-corrected chi connectivity index (χ2v) is 6.83. The lowest BCUT2D eigenvalue weighted by Crippen LogP contribution is -2.27. The molecule has 2 N–H and O–H groups in total. The highest BCUT2D eigenvalue weighted by Crippen LogP contribution is 2.18. The molecule has 2 aromatic rings. The van der Waals surface area contributed by atoms with Crippen LogP contribution in [0.15, 0.2) is 35.2 Å². The predicted molar refractivity (Wildman–Crippen MR) is 95.6 cm³/mol. The van der Waals surface area contributed by atoms with Crippen LogP contribution in [-0.2, 0) is 4.74 Å². The van der Waals surface area contributed by atoms with Crippen LogP contribution in [-0.4, -0.2) is 31.6 Å². The van der Waals surface area contributed by atoms with Crippen LogP contribution < -0.4 is 10.6 Å². The van der Waals surface area contributed by atoms with Crippen LogP contribution in [0.4, 0.5) is 16.3 Å². The molecule has 0 fully saturated rings. The Morgan fingerprint density at radius 1 is 1.39 bits per heavy atom. The zero-order valence-electron chi connectivity index (χ0n) is 12.8. The van der Waals surface area contributed by atoms with E-state index in [9.17, 15) is 4.79 Å². The van der Waals surface area contributed by atoms with E-state index in [0.717, 1.165) is 9.15 Å². The molecule has 122 valence electrons. The minimum atomic E-state index is -0.585. The Bertz CT molecular complexity index is 726. The highest BCUT2D eigenvalue weighted by Gasteiger charge is 2.18. The lowest BCUT2D eigenvalue weighted by molar-refractivity contribution is 0.0514. The van der Waals surface area contributed by atoms with Crippen LogP contribution in [0.5, 0.6) is 0 Å². The number of ether oxygens (including phenoxy) is 1. The molecule has 0 amide bonds. The Hall–Kier alpha value is -2.00. The third kappa shape index (κ3) is 5.29. The normalized spacial score (nSPS) is 11.0. The van der Waals surface area contributed by atoms with E-state index in [1.165, 1.54) is 12.4 Å². The fraction of sp³-hybridized carbons (Fsp3) is 0.286. The molecule has 0 saturated carbocycles. The highest BCUT2D eigenvalue weighted by molar-refractivity contribution is 9.10. The molecule has 2 rings (SSSR count). The standard InChI is InChI=1S/C14H16BrN5O2S/c1-14(2,3)22-13(21)20-8-9(7-17-20)18-12(23)19-11-10(15)5-4-6-16-11/h4-8H,1-3H3,(H2,16,18,19,23). The first-order valence-electron chi connectivity index (χ1n) is 6.71. The number of halogens is 1. The van der Waals surface area contributed by atoms with Crippen molar-refractivity contribution in [2.45, 2.75) is 26.4 Å². The van der Waals surface area contributed by atoms with Crippen molar-refractivity contribution in [3.8, 4) is 0 Å². The van der Waals surface area contributed by atoms with Crippen molar-refractivity contribution < 1.29 is 9.53 Å². The number of anilines is 2. The van der Waals surface area contributed by atoms with Gasteiger partial charge in [0, 0.05) is 6.20 Å². The maximum atomic E-state index is 11.9. The third-order valence-electron chi connectivity index (χ3n) is 2.41. The van der Waals surface area contributed by atoms with E-state index in [4.69, 9.17) is 17.0 Å². The van der Waals surface area contributed by atoms with Crippen LogP contribution >= 0.6 is 28.1 Å². The molecular weight excluding hydrogens is 382 g/mol. The average Bonchev–Trinajstić information content (AvgIpc) is 2.88. The smallest absolute Gasteiger partial charge is 0.435 e. The molecule has 0 aliphatic heterocycles. The lowest BCUT2D eigenvalue weighted by Gasteiger charge is -2.18. The van der Waals surface area contributed by atoms with E-state index in [1.807, 2.05) is 6.07 Å².